The molecular weight excluding hydrogens is 681 g/mol. The number of carbonyl (C=O) groups excluding carboxylic acids is 3. The van der Waals surface area contributed by atoms with Crippen LogP contribution in [0.2, 0.25) is 0 Å². The molecule has 2 aromatic rings. The molecule has 2 aromatic carbocycles. The van der Waals surface area contributed by atoms with E-state index in [1.165, 1.54) is 12.8 Å². The van der Waals surface area contributed by atoms with Gasteiger partial charge in [0.2, 0.25) is 11.8 Å². The highest BCUT2D eigenvalue weighted by molar-refractivity contribution is 8.01. The van der Waals surface area contributed by atoms with Crippen molar-refractivity contribution in [1.29, 1.82) is 0 Å². The van der Waals surface area contributed by atoms with E-state index in [4.69, 9.17) is 9.31 Å². The van der Waals surface area contributed by atoms with Crippen LogP contribution >= 0.6 is 11.8 Å². The van der Waals surface area contributed by atoms with Crippen LogP contribution in [0.15, 0.2) is 42.5 Å². The molecular formula is C43H62BN3O5S. The van der Waals surface area contributed by atoms with Crippen LogP contribution in [0.5, 0.6) is 0 Å². The van der Waals surface area contributed by atoms with Crippen LogP contribution in [0.1, 0.15) is 124 Å². The Morgan fingerprint density at radius 1 is 0.962 bits per heavy atom. The second kappa shape index (κ2) is 14.8. The van der Waals surface area contributed by atoms with Crippen LogP contribution in [0.25, 0.3) is 10.8 Å². The van der Waals surface area contributed by atoms with Crippen LogP contribution in [0, 0.1) is 29.1 Å². The Bertz CT molecular complexity index is 1690. The third kappa shape index (κ3) is 7.80. The van der Waals surface area contributed by atoms with E-state index in [0.29, 0.717) is 42.7 Å². The minimum atomic E-state index is -0.717. The summed E-state index contributed by atoms with van der Waals surface area (Å²) in [5, 5.41) is 8.69. The lowest BCUT2D eigenvalue weighted by Crippen LogP contribution is -2.65. The van der Waals surface area contributed by atoms with E-state index in [-0.39, 0.29) is 56.7 Å². The molecule has 8 rings (SSSR count). The summed E-state index contributed by atoms with van der Waals surface area (Å²) < 4.78 is 13.5. The molecule has 4 saturated carbocycles. The molecule has 6 fully saturated rings. The molecule has 2 aliphatic heterocycles. The normalized spacial score (nSPS) is 30.8. The molecule has 2 bridgehead atoms. The van der Waals surface area contributed by atoms with Crippen molar-refractivity contribution >= 4 is 47.4 Å². The van der Waals surface area contributed by atoms with Crippen LogP contribution < -0.4 is 10.6 Å². The number of hydrogen-bond acceptors (Lipinski definition) is 6. The first-order valence-corrected chi connectivity index (χ1v) is 21.3. The second-order valence-corrected chi connectivity index (χ2v) is 21.2. The summed E-state index contributed by atoms with van der Waals surface area (Å²) in [4.78, 5) is 45.2. The third-order valence-electron chi connectivity index (χ3n) is 13.6. The summed E-state index contributed by atoms with van der Waals surface area (Å²) in [5.41, 5.74) is 0.385. The van der Waals surface area contributed by atoms with Gasteiger partial charge in [-0.3, -0.25) is 14.4 Å². The average Bonchev–Trinajstić information content (AvgIpc) is 3.69. The molecule has 8 atom stereocenters. The quantitative estimate of drug-likeness (QED) is 0.241. The van der Waals surface area contributed by atoms with Gasteiger partial charge in [0.1, 0.15) is 12.1 Å². The Balaban J connectivity index is 1.12. The SMILES string of the molecule is CC(C)[C@H](NC(=O)[C@@H]1C[C@@H](SC(C)(C)C)CN1C(=O)[C@@H](CC1CCCCC1)NC(=O)c1ccc2ccccc2c1)B1O[C@@H]2C[C@@H]3C[C@@H](C3(C)C)[C@]2(C)O1. The second-order valence-electron chi connectivity index (χ2n) is 19.0. The zero-order chi connectivity index (χ0) is 37.9. The maximum absolute atomic E-state index is 14.9. The molecule has 2 N–H and O–H groups in total. The number of nitrogens with zero attached hydrogens (tertiary/aromatic N) is 1. The highest BCUT2D eigenvalue weighted by Crippen LogP contribution is 2.65. The minimum Gasteiger partial charge on any atom is -0.404 e. The average molecular weight is 744 g/mol. The lowest BCUT2D eigenvalue weighted by molar-refractivity contribution is -0.199. The van der Waals surface area contributed by atoms with Gasteiger partial charge in [-0.25, -0.2) is 0 Å². The van der Waals surface area contributed by atoms with Gasteiger partial charge in [0.15, 0.2) is 0 Å². The van der Waals surface area contributed by atoms with Crippen molar-refractivity contribution in [1.82, 2.24) is 15.5 Å². The summed E-state index contributed by atoms with van der Waals surface area (Å²) in [6.45, 7) is 18.1. The van der Waals surface area contributed by atoms with E-state index in [2.05, 4.69) is 66.0 Å². The number of fused-ring (bicyclic) bond motifs is 1. The number of nitrogens with one attached hydrogen (secondary N) is 2. The van der Waals surface area contributed by atoms with Crippen LogP contribution in [0.4, 0.5) is 0 Å². The number of thioether (sulfide) groups is 1. The number of amides is 3. The Morgan fingerprint density at radius 2 is 1.68 bits per heavy atom. The summed E-state index contributed by atoms with van der Waals surface area (Å²) in [6.07, 6.45) is 8.92. The maximum Gasteiger partial charge on any atom is 0.481 e. The highest BCUT2D eigenvalue weighted by atomic mass is 32.2. The van der Waals surface area contributed by atoms with Gasteiger partial charge >= 0.3 is 7.12 Å². The molecule has 0 unspecified atom stereocenters. The fourth-order valence-electron chi connectivity index (χ4n) is 10.5. The van der Waals surface area contributed by atoms with Crippen LogP contribution in [-0.2, 0) is 18.9 Å². The van der Waals surface area contributed by atoms with Crippen molar-refractivity contribution in [2.24, 2.45) is 29.1 Å². The van der Waals surface area contributed by atoms with Crippen molar-refractivity contribution in [3.63, 3.8) is 0 Å². The summed E-state index contributed by atoms with van der Waals surface area (Å²) >= 11 is 1.82. The van der Waals surface area contributed by atoms with Gasteiger partial charge < -0.3 is 24.8 Å². The van der Waals surface area contributed by atoms with Crippen molar-refractivity contribution in [3.8, 4) is 0 Å². The number of likely N-dealkylation sites (tertiary alicyclic amines) is 1. The fourth-order valence-corrected chi connectivity index (χ4v) is 12.0. The predicted octanol–water partition coefficient (Wildman–Crippen LogP) is 7.82. The standard InChI is InChI=1S/C43H62BN3O5S/c1-26(2)37(44-51-36-23-31-22-35(42(31,6)7)43(36,8)52-44)46-39(49)34-24-32(53-41(3,4)5)25-47(34)40(50)33(20-27-14-10-9-11-15-27)45-38(48)30-19-18-28-16-12-13-17-29(28)21-30/h12-13,16-19,21,26-27,31-37H,9-11,14-15,20,22-25H2,1-8H3,(H,45,48)(H,46,49)/t31-,32+,33+,34-,35-,36+,37-,43-/m0/s1. The first kappa shape index (κ1) is 38.7. The van der Waals surface area contributed by atoms with Crippen molar-refractivity contribution < 1.29 is 23.7 Å². The molecule has 3 amide bonds. The topological polar surface area (TPSA) is 97.0 Å². The van der Waals surface area contributed by atoms with Gasteiger partial charge in [0.05, 0.1) is 17.6 Å². The first-order valence-electron chi connectivity index (χ1n) is 20.4. The van der Waals surface area contributed by atoms with Gasteiger partial charge in [0, 0.05) is 22.1 Å². The van der Waals surface area contributed by atoms with Crippen molar-refractivity contribution in [3.05, 3.63) is 48.0 Å². The fraction of sp³-hybridized carbons (Fsp3) is 0.698. The Labute approximate surface area is 322 Å². The number of benzene rings is 2. The zero-order valence-electron chi connectivity index (χ0n) is 33.3. The Hall–Kier alpha value is -2.56. The molecule has 288 valence electrons. The van der Waals surface area contributed by atoms with Crippen LogP contribution in [0.3, 0.4) is 0 Å². The summed E-state index contributed by atoms with van der Waals surface area (Å²) in [5.74, 6) is 0.544. The molecule has 2 heterocycles. The number of hydrogen-bond donors (Lipinski definition) is 2. The number of rotatable bonds is 10. The molecule has 10 heteroatoms. The summed E-state index contributed by atoms with van der Waals surface area (Å²) in [6, 6.07) is 12.3. The van der Waals surface area contributed by atoms with Crippen LogP contribution in [-0.4, -0.2) is 76.0 Å². The van der Waals surface area contributed by atoms with E-state index in [1.54, 1.807) is 4.90 Å². The lowest BCUT2D eigenvalue weighted by Gasteiger charge is -2.64. The van der Waals surface area contributed by atoms with E-state index >= 15 is 0 Å². The zero-order valence-corrected chi connectivity index (χ0v) is 34.1. The van der Waals surface area contributed by atoms with E-state index in [9.17, 15) is 14.4 Å². The number of carbonyl (C=O) groups is 3. The minimum absolute atomic E-state index is 0.0197. The molecule has 0 aromatic heterocycles. The Morgan fingerprint density at radius 3 is 2.36 bits per heavy atom. The van der Waals surface area contributed by atoms with E-state index in [0.717, 1.165) is 42.9 Å². The van der Waals surface area contributed by atoms with Gasteiger partial charge in [-0.05, 0) is 84.6 Å². The van der Waals surface area contributed by atoms with E-state index in [1.807, 2.05) is 54.2 Å². The predicted molar refractivity (Wildman–Crippen MR) is 215 cm³/mol. The summed E-state index contributed by atoms with van der Waals surface area (Å²) in [7, 11) is -0.547. The molecule has 8 nitrogen and oxygen atoms in total. The van der Waals surface area contributed by atoms with Gasteiger partial charge in [-0.2, -0.15) is 11.8 Å². The van der Waals surface area contributed by atoms with Gasteiger partial charge in [0.25, 0.3) is 5.91 Å². The first-order chi connectivity index (χ1) is 25.0. The molecule has 53 heavy (non-hydrogen) atoms. The molecule has 0 radical (unpaired) electrons. The smallest absolute Gasteiger partial charge is 0.404 e. The van der Waals surface area contributed by atoms with Gasteiger partial charge in [-0.15, -0.1) is 0 Å². The lowest BCUT2D eigenvalue weighted by atomic mass is 9.43. The highest BCUT2D eigenvalue weighted by Gasteiger charge is 2.68. The molecule has 6 aliphatic rings. The monoisotopic (exact) mass is 743 g/mol. The van der Waals surface area contributed by atoms with Gasteiger partial charge in [-0.1, -0.05) is 111 Å². The third-order valence-corrected chi connectivity index (χ3v) is 14.9. The molecule has 4 aliphatic carbocycles. The van der Waals surface area contributed by atoms with E-state index < -0.39 is 19.2 Å². The van der Waals surface area contributed by atoms with Crippen molar-refractivity contribution in [2.75, 3.05) is 6.54 Å². The van der Waals surface area contributed by atoms with Crippen molar-refractivity contribution in [2.45, 2.75) is 153 Å². The molecule has 2 saturated heterocycles. The maximum atomic E-state index is 14.9. The molecule has 0 spiro atoms. The largest absolute Gasteiger partial charge is 0.481 e. The Kier molecular flexibility index (Phi) is 10.8.